The van der Waals surface area contributed by atoms with Gasteiger partial charge in [0.1, 0.15) is 0 Å². The Bertz CT molecular complexity index is 400. The Labute approximate surface area is 129 Å². The van der Waals surface area contributed by atoms with Crippen LogP contribution in [0.25, 0.3) is 0 Å². The van der Waals surface area contributed by atoms with Crippen molar-refractivity contribution in [2.75, 3.05) is 19.8 Å². The fourth-order valence-electron chi connectivity index (χ4n) is 3.22. The Morgan fingerprint density at radius 3 is 2.90 bits per heavy atom. The molecule has 0 radical (unpaired) electrons. The third-order valence-corrected chi connectivity index (χ3v) is 4.58. The SMILES string of the molecule is CCCNC1CCOCC1Cc1ccn(C(CC)CC)n1. The quantitative estimate of drug-likeness (QED) is 0.800. The normalized spacial score (nSPS) is 22.9. The first-order valence-electron chi connectivity index (χ1n) is 8.63. The summed E-state index contributed by atoms with van der Waals surface area (Å²) in [6, 6.07) is 3.30. The molecule has 0 amide bonds. The minimum absolute atomic E-state index is 0.537. The van der Waals surface area contributed by atoms with Crippen molar-refractivity contribution in [3.8, 4) is 0 Å². The van der Waals surface area contributed by atoms with Crippen molar-refractivity contribution in [3.05, 3.63) is 18.0 Å². The number of hydrogen-bond acceptors (Lipinski definition) is 3. The van der Waals surface area contributed by atoms with Crippen LogP contribution < -0.4 is 5.32 Å². The molecule has 2 unspecified atom stereocenters. The summed E-state index contributed by atoms with van der Waals surface area (Å²) in [5.74, 6) is 0.551. The van der Waals surface area contributed by atoms with Crippen molar-refractivity contribution in [2.24, 2.45) is 5.92 Å². The first-order chi connectivity index (χ1) is 10.3. The van der Waals surface area contributed by atoms with Gasteiger partial charge in [-0.1, -0.05) is 20.8 Å². The van der Waals surface area contributed by atoms with Gasteiger partial charge in [-0.05, 0) is 44.7 Å². The van der Waals surface area contributed by atoms with E-state index in [4.69, 9.17) is 9.84 Å². The highest BCUT2D eigenvalue weighted by molar-refractivity contribution is 5.03. The predicted molar refractivity (Wildman–Crippen MR) is 86.6 cm³/mol. The zero-order chi connectivity index (χ0) is 15.1. The molecule has 4 heteroatoms. The van der Waals surface area contributed by atoms with Gasteiger partial charge in [0, 0.05) is 24.8 Å². The van der Waals surface area contributed by atoms with Crippen molar-refractivity contribution in [2.45, 2.75) is 65.0 Å². The first kappa shape index (κ1) is 16.5. The van der Waals surface area contributed by atoms with Gasteiger partial charge in [0.15, 0.2) is 0 Å². The summed E-state index contributed by atoms with van der Waals surface area (Å²) in [5, 5.41) is 8.47. The standard InChI is InChI=1S/C17H31N3O/c1-4-9-18-17-8-11-21-13-14(17)12-15-7-10-20(19-15)16(5-2)6-3/h7,10,14,16-18H,4-6,8-9,11-13H2,1-3H3. The van der Waals surface area contributed by atoms with Gasteiger partial charge in [-0.2, -0.15) is 5.10 Å². The van der Waals surface area contributed by atoms with Gasteiger partial charge < -0.3 is 10.1 Å². The molecule has 0 bridgehead atoms. The van der Waals surface area contributed by atoms with Crippen LogP contribution in [0.4, 0.5) is 0 Å². The lowest BCUT2D eigenvalue weighted by Crippen LogP contribution is -2.44. The summed E-state index contributed by atoms with van der Waals surface area (Å²) in [4.78, 5) is 0. The lowest BCUT2D eigenvalue weighted by molar-refractivity contribution is 0.0318. The van der Waals surface area contributed by atoms with E-state index in [1.54, 1.807) is 0 Å². The molecule has 1 fully saturated rings. The molecular formula is C17H31N3O. The Hall–Kier alpha value is -0.870. The molecule has 0 saturated carbocycles. The summed E-state index contributed by atoms with van der Waals surface area (Å²) in [5.41, 5.74) is 1.21. The van der Waals surface area contributed by atoms with Crippen LogP contribution in [0.5, 0.6) is 0 Å². The molecule has 1 saturated heterocycles. The van der Waals surface area contributed by atoms with Crippen LogP contribution in [0.3, 0.4) is 0 Å². The number of nitrogens with zero attached hydrogens (tertiary/aromatic N) is 2. The summed E-state index contributed by atoms with van der Waals surface area (Å²) in [7, 11) is 0. The average molecular weight is 293 g/mol. The van der Waals surface area contributed by atoms with E-state index < -0.39 is 0 Å². The molecule has 1 aromatic heterocycles. The van der Waals surface area contributed by atoms with Gasteiger partial charge in [0.2, 0.25) is 0 Å². The molecule has 1 aliphatic rings. The molecule has 0 aromatic carbocycles. The topological polar surface area (TPSA) is 39.1 Å². The summed E-state index contributed by atoms with van der Waals surface area (Å²) in [6.45, 7) is 9.53. The van der Waals surface area contributed by atoms with Gasteiger partial charge in [0.05, 0.1) is 18.3 Å². The maximum Gasteiger partial charge on any atom is 0.0628 e. The van der Waals surface area contributed by atoms with Gasteiger partial charge >= 0.3 is 0 Å². The minimum Gasteiger partial charge on any atom is -0.381 e. The van der Waals surface area contributed by atoms with Crippen LogP contribution >= 0.6 is 0 Å². The zero-order valence-electron chi connectivity index (χ0n) is 13.8. The maximum atomic E-state index is 5.69. The Morgan fingerprint density at radius 2 is 2.19 bits per heavy atom. The third kappa shape index (κ3) is 4.55. The largest absolute Gasteiger partial charge is 0.381 e. The van der Waals surface area contributed by atoms with Crippen LogP contribution in [0.1, 0.15) is 58.2 Å². The van der Waals surface area contributed by atoms with Gasteiger partial charge in [-0.25, -0.2) is 0 Å². The van der Waals surface area contributed by atoms with Crippen LogP contribution in [0.2, 0.25) is 0 Å². The van der Waals surface area contributed by atoms with Crippen molar-refractivity contribution in [3.63, 3.8) is 0 Å². The molecule has 0 spiro atoms. The van der Waals surface area contributed by atoms with Crippen LogP contribution in [-0.4, -0.2) is 35.6 Å². The molecule has 0 aliphatic carbocycles. The van der Waals surface area contributed by atoms with Gasteiger partial charge in [-0.15, -0.1) is 0 Å². The summed E-state index contributed by atoms with van der Waals surface area (Å²) in [6.07, 6.45) is 7.76. The van der Waals surface area contributed by atoms with E-state index >= 15 is 0 Å². The lowest BCUT2D eigenvalue weighted by Gasteiger charge is -2.32. The van der Waals surface area contributed by atoms with E-state index in [2.05, 4.69) is 43.0 Å². The zero-order valence-corrected chi connectivity index (χ0v) is 13.8. The van der Waals surface area contributed by atoms with E-state index in [-0.39, 0.29) is 0 Å². The van der Waals surface area contributed by atoms with Crippen molar-refractivity contribution in [1.82, 2.24) is 15.1 Å². The highest BCUT2D eigenvalue weighted by atomic mass is 16.5. The van der Waals surface area contributed by atoms with Gasteiger partial charge in [-0.3, -0.25) is 4.68 Å². The van der Waals surface area contributed by atoms with Crippen LogP contribution in [0, 0.1) is 5.92 Å². The van der Waals surface area contributed by atoms with Gasteiger partial charge in [0.25, 0.3) is 0 Å². The number of ether oxygens (including phenoxy) is 1. The van der Waals surface area contributed by atoms with Crippen LogP contribution in [0.15, 0.2) is 12.3 Å². The summed E-state index contributed by atoms with van der Waals surface area (Å²) >= 11 is 0. The predicted octanol–water partition coefficient (Wildman–Crippen LogP) is 3.19. The third-order valence-electron chi connectivity index (χ3n) is 4.58. The second kappa shape index (κ2) is 8.54. The molecule has 1 aromatic rings. The molecule has 2 rings (SSSR count). The average Bonchev–Trinajstić information content (AvgIpc) is 2.96. The fourth-order valence-corrected chi connectivity index (χ4v) is 3.22. The van der Waals surface area contributed by atoms with E-state index in [9.17, 15) is 0 Å². The second-order valence-corrected chi connectivity index (χ2v) is 6.15. The highest BCUT2D eigenvalue weighted by Crippen LogP contribution is 2.21. The first-order valence-corrected chi connectivity index (χ1v) is 8.63. The summed E-state index contributed by atoms with van der Waals surface area (Å²) < 4.78 is 7.83. The van der Waals surface area contributed by atoms with E-state index in [0.29, 0.717) is 18.0 Å². The van der Waals surface area contributed by atoms with Crippen LogP contribution in [-0.2, 0) is 11.2 Å². The number of nitrogens with one attached hydrogen (secondary N) is 1. The Morgan fingerprint density at radius 1 is 1.38 bits per heavy atom. The molecular weight excluding hydrogens is 262 g/mol. The molecule has 21 heavy (non-hydrogen) atoms. The fraction of sp³-hybridized carbons (Fsp3) is 0.824. The van der Waals surface area contributed by atoms with Crippen molar-refractivity contribution in [1.29, 1.82) is 0 Å². The number of aromatic nitrogens is 2. The van der Waals surface area contributed by atoms with E-state index in [0.717, 1.165) is 45.4 Å². The minimum atomic E-state index is 0.537. The second-order valence-electron chi connectivity index (χ2n) is 6.15. The highest BCUT2D eigenvalue weighted by Gasteiger charge is 2.26. The molecule has 1 N–H and O–H groups in total. The molecule has 1 aliphatic heterocycles. The molecule has 4 nitrogen and oxygen atoms in total. The van der Waals surface area contributed by atoms with E-state index in [1.165, 1.54) is 12.1 Å². The van der Waals surface area contributed by atoms with Crippen molar-refractivity contribution >= 4 is 0 Å². The Balaban J connectivity index is 1.95. The number of rotatable bonds is 8. The maximum absolute atomic E-state index is 5.69. The van der Waals surface area contributed by atoms with E-state index in [1.807, 2.05) is 0 Å². The molecule has 2 atom stereocenters. The molecule has 2 heterocycles. The molecule has 120 valence electrons. The lowest BCUT2D eigenvalue weighted by atomic mass is 9.91. The Kier molecular flexibility index (Phi) is 6.71. The smallest absolute Gasteiger partial charge is 0.0628 e. The number of hydrogen-bond donors (Lipinski definition) is 1. The van der Waals surface area contributed by atoms with Crippen molar-refractivity contribution < 1.29 is 4.74 Å². The monoisotopic (exact) mass is 293 g/mol.